The van der Waals surface area contributed by atoms with Gasteiger partial charge in [0.1, 0.15) is 0 Å². The molecule has 11 nitrogen and oxygen atoms in total. The van der Waals surface area contributed by atoms with Crippen LogP contribution >= 0.6 is 7.14 Å². The highest BCUT2D eigenvalue weighted by Gasteiger charge is 2.40. The minimum atomic E-state index is -5.27. The summed E-state index contributed by atoms with van der Waals surface area (Å²) in [7, 11) is -1.93. The molecule has 0 aromatic heterocycles. The van der Waals surface area contributed by atoms with Gasteiger partial charge in [-0.25, -0.2) is 9.59 Å². The maximum atomic E-state index is 15.2. The van der Waals surface area contributed by atoms with Crippen molar-refractivity contribution < 1.29 is 65.1 Å². The van der Waals surface area contributed by atoms with E-state index in [0.29, 0.717) is 17.8 Å². The van der Waals surface area contributed by atoms with E-state index >= 15 is 4.57 Å². The van der Waals surface area contributed by atoms with Crippen molar-refractivity contribution in [2.45, 2.75) is 12.4 Å². The highest BCUT2D eigenvalue weighted by molar-refractivity contribution is 7.85. The summed E-state index contributed by atoms with van der Waals surface area (Å²) in [6.45, 7) is 0. The molecular formula is C39H28F6N3O8P. The number of ketones is 1. The molecule has 0 saturated heterocycles. The lowest BCUT2D eigenvalue weighted by Crippen LogP contribution is -2.28. The third-order valence-electron chi connectivity index (χ3n) is 8.64. The molecule has 5 aromatic rings. The quantitative estimate of drug-likeness (QED) is 0.0555. The summed E-state index contributed by atoms with van der Waals surface area (Å²) < 4.78 is 99.1. The zero-order valence-corrected chi connectivity index (χ0v) is 30.3. The molecule has 5 rings (SSSR count). The van der Waals surface area contributed by atoms with Gasteiger partial charge in [0.15, 0.2) is 12.9 Å². The van der Waals surface area contributed by atoms with Gasteiger partial charge in [0.05, 0.1) is 33.4 Å². The van der Waals surface area contributed by atoms with Crippen LogP contribution in [0.5, 0.6) is 0 Å². The van der Waals surface area contributed by atoms with Gasteiger partial charge < -0.3 is 30.7 Å². The summed E-state index contributed by atoms with van der Waals surface area (Å²) in [5, 5.41) is 25.5. The number of carboxylic acid groups (broad SMARTS) is 2. The van der Waals surface area contributed by atoms with E-state index in [9.17, 15) is 60.5 Å². The van der Waals surface area contributed by atoms with E-state index in [2.05, 4.69) is 16.0 Å². The molecule has 0 fully saturated rings. The second kappa shape index (κ2) is 15.8. The van der Waals surface area contributed by atoms with Gasteiger partial charge in [-0.15, -0.1) is 0 Å². The molecule has 0 aliphatic rings. The molecule has 0 bridgehead atoms. The van der Waals surface area contributed by atoms with Crippen molar-refractivity contribution >= 4 is 64.0 Å². The molecule has 0 spiro atoms. The lowest BCUT2D eigenvalue weighted by atomic mass is 9.95. The first-order valence-corrected chi connectivity index (χ1v) is 18.0. The Kier molecular flexibility index (Phi) is 11.5. The molecule has 18 heteroatoms. The Bertz CT molecular complexity index is 2490. The number of aromatic carboxylic acids is 2. The Labute approximate surface area is 318 Å². The average molecular weight is 812 g/mol. The van der Waals surface area contributed by atoms with Crippen LogP contribution in [-0.2, 0) is 16.9 Å². The molecular weight excluding hydrogens is 783 g/mol. The Balaban J connectivity index is 1.61. The highest BCUT2D eigenvalue weighted by atomic mass is 31.2. The molecule has 5 aromatic carbocycles. The first kappa shape index (κ1) is 41.4. The molecule has 0 radical (unpaired) electrons. The monoisotopic (exact) mass is 811 g/mol. The van der Waals surface area contributed by atoms with Gasteiger partial charge in [0.2, 0.25) is 0 Å². The molecule has 1 atom stereocenters. The Morgan fingerprint density at radius 3 is 1.44 bits per heavy atom. The van der Waals surface area contributed by atoms with Crippen LogP contribution in [0.25, 0.3) is 0 Å². The van der Waals surface area contributed by atoms with Gasteiger partial charge in [-0.2, -0.15) is 26.3 Å². The summed E-state index contributed by atoms with van der Waals surface area (Å²) in [5.74, 6) is -5.85. The standard InChI is InChI=1S/C39H28F6N3O8P/c1-46-24-5-3-7-26(18-24)57(56,28-16-22(38(40,41)42)15-23(17-28)39(43,44)45)27-8-4-6-25(19-27)48-35(51)32-14-21(10-12-30(32)37(54)55)33(49)20-9-11-29(36(52)53)31(13-20)34(50)47-2/h3-19,46H,1-2H3,(H,47,50)(H,48,51)(H,52,53)(H,54,55). The average Bonchev–Trinajstić information content (AvgIpc) is 3.18. The number of rotatable bonds is 11. The number of anilines is 2. The number of alkyl halides is 6. The van der Waals surface area contributed by atoms with Crippen molar-refractivity contribution in [3.63, 3.8) is 0 Å². The third-order valence-corrected chi connectivity index (χ3v) is 11.6. The summed E-state index contributed by atoms with van der Waals surface area (Å²) in [5.41, 5.74) is -5.70. The number of hydrogen-bond donors (Lipinski definition) is 5. The first-order valence-electron chi connectivity index (χ1n) is 16.3. The summed E-state index contributed by atoms with van der Waals surface area (Å²) in [6.07, 6.45) is -10.5. The summed E-state index contributed by atoms with van der Waals surface area (Å²) >= 11 is 0. The predicted molar refractivity (Wildman–Crippen MR) is 197 cm³/mol. The minimum Gasteiger partial charge on any atom is -0.478 e. The number of carbonyl (C=O) groups excluding carboxylic acids is 3. The van der Waals surface area contributed by atoms with Crippen molar-refractivity contribution in [1.82, 2.24) is 5.32 Å². The predicted octanol–water partition coefficient (Wildman–Crippen LogP) is 6.64. The second-order valence-electron chi connectivity index (χ2n) is 12.2. The van der Waals surface area contributed by atoms with Crippen LogP contribution in [0.3, 0.4) is 0 Å². The molecule has 0 aliphatic heterocycles. The van der Waals surface area contributed by atoms with E-state index in [1.54, 1.807) is 0 Å². The van der Waals surface area contributed by atoms with E-state index in [4.69, 9.17) is 0 Å². The smallest absolute Gasteiger partial charge is 0.416 e. The van der Waals surface area contributed by atoms with Gasteiger partial charge in [-0.1, -0.05) is 36.4 Å². The van der Waals surface area contributed by atoms with E-state index in [1.807, 2.05) is 0 Å². The number of carbonyl (C=O) groups is 5. The van der Waals surface area contributed by atoms with Crippen LogP contribution in [0.4, 0.5) is 37.7 Å². The molecule has 1 unspecified atom stereocenters. The number of hydrogen-bond acceptors (Lipinski definition) is 7. The highest BCUT2D eigenvalue weighted by Crippen LogP contribution is 2.46. The fourth-order valence-corrected chi connectivity index (χ4v) is 8.59. The third kappa shape index (κ3) is 8.58. The zero-order chi connectivity index (χ0) is 42.0. The van der Waals surface area contributed by atoms with Crippen LogP contribution in [0.1, 0.15) is 68.5 Å². The van der Waals surface area contributed by atoms with Gasteiger partial charge in [-0.05, 0) is 66.7 Å². The zero-order valence-electron chi connectivity index (χ0n) is 29.4. The maximum Gasteiger partial charge on any atom is 0.416 e. The lowest BCUT2D eigenvalue weighted by Gasteiger charge is -2.23. The maximum absolute atomic E-state index is 15.2. The number of benzene rings is 5. The van der Waals surface area contributed by atoms with Crippen LogP contribution < -0.4 is 31.9 Å². The molecule has 294 valence electrons. The van der Waals surface area contributed by atoms with Gasteiger partial charge in [0, 0.05) is 52.5 Å². The van der Waals surface area contributed by atoms with Crippen LogP contribution in [0.2, 0.25) is 0 Å². The van der Waals surface area contributed by atoms with Crippen molar-refractivity contribution in [1.29, 1.82) is 0 Å². The van der Waals surface area contributed by atoms with Crippen molar-refractivity contribution in [2.24, 2.45) is 0 Å². The number of nitrogens with one attached hydrogen (secondary N) is 3. The lowest BCUT2D eigenvalue weighted by molar-refractivity contribution is -0.143. The summed E-state index contributed by atoms with van der Waals surface area (Å²) in [4.78, 5) is 63.4. The SMILES string of the molecule is CNC(=O)c1cc(C(=O)c2ccc(C(=O)O)c(C(=O)Nc3cccc(P(=O)(c4cccc(NC)c4)c4cc(C(F)(F)F)cc(C(F)(F)F)c4)c3)c2)ccc1C(=O)O. The van der Waals surface area contributed by atoms with Gasteiger partial charge >= 0.3 is 24.3 Å². The van der Waals surface area contributed by atoms with E-state index in [1.165, 1.54) is 56.6 Å². The van der Waals surface area contributed by atoms with Crippen LogP contribution in [-0.4, -0.2) is 53.8 Å². The van der Waals surface area contributed by atoms with Gasteiger partial charge in [-0.3, -0.25) is 14.4 Å². The number of carboxylic acids is 2. The van der Waals surface area contributed by atoms with Crippen molar-refractivity contribution in [3.8, 4) is 0 Å². The topological polar surface area (TPSA) is 179 Å². The molecule has 57 heavy (non-hydrogen) atoms. The van der Waals surface area contributed by atoms with E-state index in [0.717, 1.165) is 42.5 Å². The van der Waals surface area contributed by atoms with Crippen LogP contribution in [0.15, 0.2) is 103 Å². The number of amides is 2. The normalized spacial score (nSPS) is 12.6. The van der Waals surface area contributed by atoms with Gasteiger partial charge in [0.25, 0.3) is 11.8 Å². The summed E-state index contributed by atoms with van der Waals surface area (Å²) in [6, 6.07) is 16.9. The van der Waals surface area contributed by atoms with E-state index in [-0.39, 0.29) is 39.1 Å². The molecule has 0 aliphatic carbocycles. The van der Waals surface area contributed by atoms with E-state index < -0.39 is 82.2 Å². The molecule has 0 heterocycles. The number of halogens is 6. The molecule has 5 N–H and O–H groups in total. The second-order valence-corrected chi connectivity index (χ2v) is 15.0. The van der Waals surface area contributed by atoms with Crippen LogP contribution in [0, 0.1) is 0 Å². The minimum absolute atomic E-state index is 0.0979. The fraction of sp³-hybridized carbons (Fsp3) is 0.103. The van der Waals surface area contributed by atoms with Crippen molar-refractivity contribution in [3.05, 3.63) is 148 Å². The fourth-order valence-electron chi connectivity index (χ4n) is 5.82. The largest absolute Gasteiger partial charge is 0.478 e. The Morgan fingerprint density at radius 2 is 1.00 bits per heavy atom. The first-order chi connectivity index (χ1) is 26.7. The Morgan fingerprint density at radius 1 is 0.544 bits per heavy atom. The van der Waals surface area contributed by atoms with Crippen molar-refractivity contribution in [2.75, 3.05) is 24.7 Å². The molecule has 2 amide bonds. The Hall–Kier alpha value is -6.74. The molecule has 0 saturated carbocycles.